The molecule has 0 bridgehead atoms. The van der Waals surface area contributed by atoms with Crippen molar-refractivity contribution in [2.24, 2.45) is 0 Å². The van der Waals surface area contributed by atoms with E-state index in [1.54, 1.807) is 5.38 Å². The monoisotopic (exact) mass is 220 g/mol. The van der Waals surface area contributed by atoms with Gasteiger partial charge < -0.3 is 5.32 Å². The number of urea groups is 1. The van der Waals surface area contributed by atoms with Crippen LogP contribution in [0, 0.1) is 0 Å². The maximum absolute atomic E-state index is 11.3. The van der Waals surface area contributed by atoms with Gasteiger partial charge in [-0.3, -0.25) is 0 Å². The molecule has 7 heteroatoms. The zero-order valence-electron chi connectivity index (χ0n) is 6.77. The lowest BCUT2D eigenvalue weighted by atomic mass is 10.7. The standard InChI is InChI=1S/C6H8N2O3S2/c1-7-6(9)8-13(10,11)5-2-3-12-4-5/h2-4H,1H3,(H2,7,8,9). The van der Waals surface area contributed by atoms with Gasteiger partial charge in [0.25, 0.3) is 10.0 Å². The summed E-state index contributed by atoms with van der Waals surface area (Å²) in [6.45, 7) is 0. The van der Waals surface area contributed by atoms with Crippen molar-refractivity contribution in [1.29, 1.82) is 0 Å². The summed E-state index contributed by atoms with van der Waals surface area (Å²) >= 11 is 1.25. The first kappa shape index (κ1) is 10.0. The molecule has 0 radical (unpaired) electrons. The third kappa shape index (κ3) is 2.43. The highest BCUT2D eigenvalue weighted by Gasteiger charge is 2.16. The van der Waals surface area contributed by atoms with Gasteiger partial charge >= 0.3 is 6.03 Å². The molecule has 0 aromatic carbocycles. The van der Waals surface area contributed by atoms with E-state index in [1.807, 2.05) is 4.72 Å². The highest BCUT2D eigenvalue weighted by molar-refractivity contribution is 7.90. The molecule has 0 unspecified atom stereocenters. The first-order valence-corrected chi connectivity index (χ1v) is 5.75. The third-order valence-corrected chi connectivity index (χ3v) is 3.42. The number of carbonyl (C=O) groups excluding carboxylic acids is 1. The first-order valence-electron chi connectivity index (χ1n) is 3.33. The maximum Gasteiger partial charge on any atom is 0.328 e. The number of carbonyl (C=O) groups is 1. The summed E-state index contributed by atoms with van der Waals surface area (Å²) in [6.07, 6.45) is 0. The summed E-state index contributed by atoms with van der Waals surface area (Å²) in [5.74, 6) is 0. The van der Waals surface area contributed by atoms with Crippen molar-refractivity contribution in [3.8, 4) is 0 Å². The van der Waals surface area contributed by atoms with E-state index in [1.165, 1.54) is 29.8 Å². The number of nitrogens with one attached hydrogen (secondary N) is 2. The van der Waals surface area contributed by atoms with Crippen LogP contribution < -0.4 is 10.0 Å². The summed E-state index contributed by atoms with van der Waals surface area (Å²) in [7, 11) is -2.33. The molecule has 5 nitrogen and oxygen atoms in total. The number of rotatable bonds is 2. The van der Waals surface area contributed by atoms with Gasteiger partial charge in [-0.25, -0.2) is 17.9 Å². The van der Waals surface area contributed by atoms with Gasteiger partial charge in [-0.15, -0.1) is 0 Å². The molecule has 0 spiro atoms. The van der Waals surface area contributed by atoms with Gasteiger partial charge in [0.05, 0.1) is 4.90 Å². The zero-order chi connectivity index (χ0) is 9.90. The second-order valence-corrected chi connectivity index (χ2v) is 4.61. The van der Waals surface area contributed by atoms with Crippen molar-refractivity contribution in [3.05, 3.63) is 16.8 Å². The number of amides is 2. The minimum atomic E-state index is -3.68. The normalized spacial score (nSPS) is 10.8. The fourth-order valence-electron chi connectivity index (χ4n) is 0.637. The molecule has 0 saturated heterocycles. The summed E-state index contributed by atoms with van der Waals surface area (Å²) in [5.41, 5.74) is 0. The Balaban J connectivity index is 2.86. The van der Waals surface area contributed by atoms with Gasteiger partial charge in [0.2, 0.25) is 0 Å². The van der Waals surface area contributed by atoms with Crippen LogP contribution in [0.5, 0.6) is 0 Å². The van der Waals surface area contributed by atoms with E-state index in [-0.39, 0.29) is 4.90 Å². The Hall–Kier alpha value is -1.08. The Bertz CT molecular complexity index is 382. The summed E-state index contributed by atoms with van der Waals surface area (Å²) in [5, 5.41) is 5.23. The van der Waals surface area contributed by atoms with E-state index in [2.05, 4.69) is 5.32 Å². The molecule has 1 heterocycles. The van der Waals surface area contributed by atoms with Gasteiger partial charge in [-0.2, -0.15) is 11.3 Å². The van der Waals surface area contributed by atoms with Crippen LogP contribution in [-0.2, 0) is 10.0 Å². The number of hydrogen-bond acceptors (Lipinski definition) is 4. The van der Waals surface area contributed by atoms with Crippen LogP contribution in [0.2, 0.25) is 0 Å². The fraction of sp³-hybridized carbons (Fsp3) is 0.167. The van der Waals surface area contributed by atoms with Crippen LogP contribution in [0.3, 0.4) is 0 Å². The molecule has 0 aliphatic carbocycles. The van der Waals surface area contributed by atoms with E-state index in [0.717, 1.165) is 0 Å². The molecule has 1 aromatic heterocycles. The van der Waals surface area contributed by atoms with Crippen molar-refractivity contribution in [3.63, 3.8) is 0 Å². The lowest BCUT2D eigenvalue weighted by molar-refractivity contribution is 0.248. The van der Waals surface area contributed by atoms with Crippen LogP contribution in [0.1, 0.15) is 0 Å². The fourth-order valence-corrected chi connectivity index (χ4v) is 2.62. The predicted octanol–water partition coefficient (Wildman–Crippen LogP) is 0.366. The molecule has 0 fully saturated rings. The van der Waals surface area contributed by atoms with Crippen LogP contribution >= 0.6 is 11.3 Å². The van der Waals surface area contributed by atoms with Crippen molar-refractivity contribution < 1.29 is 13.2 Å². The van der Waals surface area contributed by atoms with Crippen LogP contribution in [-0.4, -0.2) is 21.5 Å². The molecule has 2 amide bonds. The smallest absolute Gasteiger partial charge is 0.328 e. The molecule has 0 aliphatic rings. The van der Waals surface area contributed by atoms with E-state index in [4.69, 9.17) is 0 Å². The second-order valence-electron chi connectivity index (χ2n) is 2.14. The van der Waals surface area contributed by atoms with Gasteiger partial charge in [-0.1, -0.05) is 0 Å². The van der Waals surface area contributed by atoms with Crippen LogP contribution in [0.4, 0.5) is 4.79 Å². The highest BCUT2D eigenvalue weighted by atomic mass is 32.2. The first-order chi connectivity index (χ1) is 6.06. The molecule has 13 heavy (non-hydrogen) atoms. The average Bonchev–Trinajstić information content (AvgIpc) is 2.55. The van der Waals surface area contributed by atoms with Crippen LogP contribution in [0.15, 0.2) is 21.7 Å². The maximum atomic E-state index is 11.3. The molecule has 0 atom stereocenters. The van der Waals surface area contributed by atoms with Gasteiger partial charge in [-0.05, 0) is 11.4 Å². The molecular weight excluding hydrogens is 212 g/mol. The third-order valence-electron chi connectivity index (χ3n) is 1.26. The zero-order valence-corrected chi connectivity index (χ0v) is 8.41. The number of hydrogen-bond donors (Lipinski definition) is 2. The van der Waals surface area contributed by atoms with Gasteiger partial charge in [0.1, 0.15) is 0 Å². The van der Waals surface area contributed by atoms with Crippen molar-refractivity contribution in [1.82, 2.24) is 10.0 Å². The van der Waals surface area contributed by atoms with E-state index in [9.17, 15) is 13.2 Å². The van der Waals surface area contributed by atoms with E-state index in [0.29, 0.717) is 0 Å². The lowest BCUT2D eigenvalue weighted by Gasteiger charge is -2.02. The Morgan fingerprint density at radius 1 is 1.54 bits per heavy atom. The minimum Gasteiger partial charge on any atom is -0.340 e. The Kier molecular flexibility index (Phi) is 2.89. The van der Waals surface area contributed by atoms with Crippen molar-refractivity contribution in [2.45, 2.75) is 4.90 Å². The average molecular weight is 220 g/mol. The quantitative estimate of drug-likeness (QED) is 0.756. The summed E-state index contributed by atoms with van der Waals surface area (Å²) < 4.78 is 24.4. The SMILES string of the molecule is CNC(=O)NS(=O)(=O)c1ccsc1. The molecule has 1 aromatic rings. The topological polar surface area (TPSA) is 75.3 Å². The van der Waals surface area contributed by atoms with E-state index < -0.39 is 16.1 Å². The molecule has 72 valence electrons. The van der Waals surface area contributed by atoms with Gasteiger partial charge in [0.15, 0.2) is 0 Å². The lowest BCUT2D eigenvalue weighted by Crippen LogP contribution is -2.37. The summed E-state index contributed by atoms with van der Waals surface area (Å²) in [4.78, 5) is 10.8. The highest BCUT2D eigenvalue weighted by Crippen LogP contribution is 2.11. The second kappa shape index (κ2) is 3.75. The van der Waals surface area contributed by atoms with Gasteiger partial charge in [0, 0.05) is 12.4 Å². The minimum absolute atomic E-state index is 0.0982. The Morgan fingerprint density at radius 2 is 2.23 bits per heavy atom. The van der Waals surface area contributed by atoms with E-state index >= 15 is 0 Å². The largest absolute Gasteiger partial charge is 0.340 e. The molecular formula is C6H8N2O3S2. The number of thiophene rings is 1. The Labute approximate surface area is 79.8 Å². The van der Waals surface area contributed by atoms with Crippen LogP contribution in [0.25, 0.3) is 0 Å². The van der Waals surface area contributed by atoms with Crippen molar-refractivity contribution in [2.75, 3.05) is 7.05 Å². The number of sulfonamides is 1. The molecule has 2 N–H and O–H groups in total. The molecule has 1 rings (SSSR count). The van der Waals surface area contributed by atoms with Crippen molar-refractivity contribution >= 4 is 27.4 Å². The Morgan fingerprint density at radius 3 is 2.69 bits per heavy atom. The molecule has 0 saturated carbocycles. The molecule has 0 aliphatic heterocycles. The predicted molar refractivity (Wildman–Crippen MR) is 49.1 cm³/mol. The summed E-state index contributed by atoms with van der Waals surface area (Å²) in [6, 6.07) is 0.682.